The first kappa shape index (κ1) is 19.1. The van der Waals surface area contributed by atoms with Crippen LogP contribution in [0, 0.1) is 5.92 Å². The van der Waals surface area contributed by atoms with E-state index in [9.17, 15) is 10.2 Å². The Morgan fingerprint density at radius 2 is 2.06 bits per heavy atom. The van der Waals surface area contributed by atoms with Crippen LogP contribution in [0.5, 0.6) is 11.5 Å². The maximum atomic E-state index is 12.9. The largest absolute Gasteiger partial charge is 0.504 e. The maximum absolute atomic E-state index is 12.9. The molecule has 3 N–H and O–H groups in total. The highest BCUT2D eigenvalue weighted by Crippen LogP contribution is 2.69. The molecule has 6 heteroatoms. The van der Waals surface area contributed by atoms with E-state index in [1.165, 1.54) is 18.4 Å². The van der Waals surface area contributed by atoms with Crippen LogP contribution in [0.1, 0.15) is 47.8 Å². The molecular weight excluding hydrogens is 438 g/mol. The minimum Gasteiger partial charge on any atom is -0.504 e. The summed E-state index contributed by atoms with van der Waals surface area (Å²) in [6.07, 6.45) is 8.24. The van der Waals surface area contributed by atoms with Crippen LogP contribution in [-0.2, 0) is 18.3 Å². The molecule has 0 amide bonds. The predicted molar refractivity (Wildman–Crippen MR) is 132 cm³/mol. The molecule has 3 aliphatic carbocycles. The first-order chi connectivity index (χ1) is 17.1. The Morgan fingerprint density at radius 1 is 1.14 bits per heavy atom. The number of hydrogen-bond acceptors (Lipinski definition) is 5. The van der Waals surface area contributed by atoms with Crippen molar-refractivity contribution in [3.05, 3.63) is 65.1 Å². The van der Waals surface area contributed by atoms with Crippen molar-refractivity contribution in [3.63, 3.8) is 0 Å². The SMILES string of the molecule is Oc1ccc2c3c1O[C@H]1c4[nH]c5c(ccc6cnccc65)c4C[C@@]4(O)[C@H](C2)N(CC2CC2)CCC314. The first-order valence-corrected chi connectivity index (χ1v) is 12.9. The Kier molecular flexibility index (Phi) is 3.28. The number of rotatable bonds is 2. The minimum absolute atomic E-state index is 0.0497. The van der Waals surface area contributed by atoms with E-state index in [1.807, 2.05) is 12.4 Å². The normalized spacial score (nSPS) is 32.5. The zero-order chi connectivity index (χ0) is 23.1. The number of nitrogens with one attached hydrogen (secondary N) is 1. The molecule has 176 valence electrons. The average Bonchev–Trinajstić information content (AvgIpc) is 3.49. The molecule has 2 aliphatic heterocycles. The molecule has 1 saturated heterocycles. The van der Waals surface area contributed by atoms with Gasteiger partial charge in [0.05, 0.1) is 22.2 Å². The first-order valence-electron chi connectivity index (χ1n) is 12.9. The summed E-state index contributed by atoms with van der Waals surface area (Å²) in [5.41, 5.74) is 4.10. The molecule has 4 aromatic rings. The number of benzene rings is 2. The van der Waals surface area contributed by atoms with Gasteiger partial charge >= 0.3 is 0 Å². The molecule has 2 bridgehead atoms. The van der Waals surface area contributed by atoms with E-state index in [4.69, 9.17) is 4.74 Å². The summed E-state index contributed by atoms with van der Waals surface area (Å²) < 4.78 is 6.70. The Morgan fingerprint density at radius 3 is 2.94 bits per heavy atom. The van der Waals surface area contributed by atoms with E-state index in [2.05, 4.69) is 39.1 Å². The third-order valence-electron chi connectivity index (χ3n) is 9.95. The van der Waals surface area contributed by atoms with Crippen LogP contribution in [0.2, 0.25) is 0 Å². The second-order valence-electron chi connectivity index (χ2n) is 11.5. The smallest absolute Gasteiger partial charge is 0.166 e. The Bertz CT molecular complexity index is 1590. The van der Waals surface area contributed by atoms with Gasteiger partial charge in [-0.15, -0.1) is 0 Å². The maximum Gasteiger partial charge on any atom is 0.166 e. The van der Waals surface area contributed by atoms with Crippen molar-refractivity contribution in [2.24, 2.45) is 5.92 Å². The van der Waals surface area contributed by atoms with Crippen LogP contribution in [0.4, 0.5) is 0 Å². The van der Waals surface area contributed by atoms with Crippen molar-refractivity contribution >= 4 is 21.7 Å². The summed E-state index contributed by atoms with van der Waals surface area (Å²) in [6.45, 7) is 2.04. The van der Waals surface area contributed by atoms with Crippen molar-refractivity contribution in [2.75, 3.05) is 13.1 Å². The monoisotopic (exact) mass is 465 g/mol. The second-order valence-corrected chi connectivity index (χ2v) is 11.5. The van der Waals surface area contributed by atoms with Crippen LogP contribution in [0.25, 0.3) is 21.7 Å². The lowest BCUT2D eigenvalue weighted by Crippen LogP contribution is -2.74. The number of H-pyrrole nitrogens is 1. The minimum atomic E-state index is -0.952. The summed E-state index contributed by atoms with van der Waals surface area (Å²) in [5.74, 6) is 1.54. The quantitative estimate of drug-likeness (QED) is 0.415. The number of piperidine rings is 1. The highest BCUT2D eigenvalue weighted by atomic mass is 16.5. The fourth-order valence-electron chi connectivity index (χ4n) is 8.26. The highest BCUT2D eigenvalue weighted by molar-refractivity contribution is 6.07. The number of fused-ring (bicyclic) bond motifs is 6. The molecular formula is C29H27N3O3. The Balaban J connectivity index is 1.34. The van der Waals surface area contributed by atoms with Gasteiger partial charge in [0, 0.05) is 53.1 Å². The van der Waals surface area contributed by atoms with E-state index in [-0.39, 0.29) is 17.9 Å². The molecule has 5 aliphatic rings. The Hall–Kier alpha value is -3.09. The molecule has 1 unspecified atom stereocenters. The molecule has 35 heavy (non-hydrogen) atoms. The molecule has 0 radical (unpaired) electrons. The van der Waals surface area contributed by atoms with Gasteiger partial charge < -0.3 is 19.9 Å². The second kappa shape index (κ2) is 6.00. The molecule has 2 aromatic carbocycles. The number of aromatic amines is 1. The molecule has 1 spiro atoms. The fourth-order valence-corrected chi connectivity index (χ4v) is 8.26. The van der Waals surface area contributed by atoms with Crippen molar-refractivity contribution in [1.82, 2.24) is 14.9 Å². The van der Waals surface area contributed by atoms with Crippen LogP contribution in [-0.4, -0.2) is 49.8 Å². The van der Waals surface area contributed by atoms with Gasteiger partial charge in [0.15, 0.2) is 17.6 Å². The van der Waals surface area contributed by atoms with Gasteiger partial charge in [0.1, 0.15) is 0 Å². The van der Waals surface area contributed by atoms with Crippen LogP contribution in [0.15, 0.2) is 42.7 Å². The average molecular weight is 466 g/mol. The van der Waals surface area contributed by atoms with Crippen LogP contribution >= 0.6 is 0 Å². The number of ether oxygens (including phenoxy) is 1. The number of nitrogens with zero attached hydrogens (tertiary/aromatic N) is 2. The zero-order valence-corrected chi connectivity index (χ0v) is 19.4. The predicted octanol–water partition coefficient (Wildman–Crippen LogP) is 4.12. The van der Waals surface area contributed by atoms with E-state index < -0.39 is 11.0 Å². The number of pyridine rings is 1. The van der Waals surface area contributed by atoms with E-state index >= 15 is 0 Å². The molecule has 2 aromatic heterocycles. The van der Waals surface area contributed by atoms with Gasteiger partial charge in [-0.2, -0.15) is 0 Å². The van der Waals surface area contributed by atoms with Gasteiger partial charge in [-0.05, 0) is 61.4 Å². The topological polar surface area (TPSA) is 81.6 Å². The summed E-state index contributed by atoms with van der Waals surface area (Å²) in [4.78, 5) is 10.6. The van der Waals surface area contributed by atoms with Gasteiger partial charge in [-0.25, -0.2) is 0 Å². The van der Waals surface area contributed by atoms with E-state index in [0.717, 1.165) is 70.3 Å². The molecule has 2 fully saturated rings. The third kappa shape index (κ3) is 2.10. The van der Waals surface area contributed by atoms with Crippen LogP contribution < -0.4 is 4.74 Å². The molecule has 4 heterocycles. The van der Waals surface area contributed by atoms with Crippen LogP contribution in [0.3, 0.4) is 0 Å². The number of hydrogen-bond donors (Lipinski definition) is 3. The summed E-state index contributed by atoms with van der Waals surface area (Å²) in [7, 11) is 0. The molecule has 1 saturated carbocycles. The number of phenols is 1. The number of aliphatic hydroxyl groups is 1. The number of aromatic hydroxyl groups is 1. The fraction of sp³-hybridized carbons (Fsp3) is 0.414. The number of likely N-dealkylation sites (tertiary alicyclic amines) is 1. The zero-order valence-electron chi connectivity index (χ0n) is 19.4. The van der Waals surface area contributed by atoms with Gasteiger partial charge in [0.25, 0.3) is 0 Å². The van der Waals surface area contributed by atoms with Crippen molar-refractivity contribution < 1.29 is 14.9 Å². The third-order valence-corrected chi connectivity index (χ3v) is 9.95. The number of aromatic nitrogens is 2. The lowest BCUT2D eigenvalue weighted by Gasteiger charge is -2.62. The van der Waals surface area contributed by atoms with Gasteiger partial charge in [0.2, 0.25) is 0 Å². The van der Waals surface area contributed by atoms with Gasteiger partial charge in [-0.3, -0.25) is 9.88 Å². The lowest BCUT2D eigenvalue weighted by atomic mass is 9.49. The highest BCUT2D eigenvalue weighted by Gasteiger charge is 2.72. The van der Waals surface area contributed by atoms with E-state index in [0.29, 0.717) is 12.2 Å². The van der Waals surface area contributed by atoms with Crippen molar-refractivity contribution in [3.8, 4) is 11.5 Å². The summed E-state index contributed by atoms with van der Waals surface area (Å²) >= 11 is 0. The van der Waals surface area contributed by atoms with Gasteiger partial charge in [-0.1, -0.05) is 18.2 Å². The molecule has 6 nitrogen and oxygen atoms in total. The summed E-state index contributed by atoms with van der Waals surface area (Å²) in [6, 6.07) is 10.2. The molecule has 4 atom stereocenters. The van der Waals surface area contributed by atoms with E-state index in [1.54, 1.807) is 6.07 Å². The standard InChI is InChI=1S/C29H27N3O3/c33-21-6-4-16-11-22-29(34)12-20-19-5-3-17-13-30-9-7-18(17)24(19)31-25(20)27-28(29,23(16)26(21)35-27)8-10-32(22)14-15-1-2-15/h3-7,9,13,15,22,27,31,33-34H,1-2,8,10-12,14H2/t22-,27-,28?,29+/m0/s1. The summed E-state index contributed by atoms with van der Waals surface area (Å²) in [5, 5.41) is 27.2. The Labute approximate surface area is 202 Å². The lowest BCUT2D eigenvalue weighted by molar-refractivity contribution is -0.173. The van der Waals surface area contributed by atoms with Crippen molar-refractivity contribution in [1.29, 1.82) is 0 Å². The van der Waals surface area contributed by atoms with Crippen molar-refractivity contribution in [2.45, 2.75) is 55.3 Å². The molecule has 9 rings (SSSR count). The number of phenolic OH excluding ortho intramolecular Hbond substituents is 1.